The van der Waals surface area contributed by atoms with E-state index >= 15 is 0 Å². The van der Waals surface area contributed by atoms with Gasteiger partial charge in [-0.05, 0) is 25.1 Å². The molecule has 3 rings (SSSR count). The monoisotopic (exact) mass is 259 g/mol. The third-order valence-corrected chi connectivity index (χ3v) is 3.06. The van der Waals surface area contributed by atoms with Gasteiger partial charge in [0, 0.05) is 6.20 Å². The minimum Gasteiger partial charge on any atom is -0.484 e. The van der Waals surface area contributed by atoms with Crippen LogP contribution in [0.1, 0.15) is 5.82 Å². The molecule has 0 radical (unpaired) electrons. The van der Waals surface area contributed by atoms with E-state index in [4.69, 9.17) is 4.74 Å². The predicted octanol–water partition coefficient (Wildman–Crippen LogP) is 2.19. The van der Waals surface area contributed by atoms with Crippen LogP contribution in [0.2, 0.25) is 0 Å². The fourth-order valence-corrected chi connectivity index (χ4v) is 2.04. The zero-order valence-electron chi connectivity index (χ0n) is 10.6. The molecule has 0 amide bonds. The van der Waals surface area contributed by atoms with Crippen molar-refractivity contribution in [2.24, 2.45) is 0 Å². The zero-order chi connectivity index (χ0) is 13.2. The highest BCUT2D eigenvalue weighted by Crippen LogP contribution is 2.24. The van der Waals surface area contributed by atoms with E-state index in [0.717, 1.165) is 11.6 Å². The van der Waals surface area contributed by atoms with Gasteiger partial charge in [-0.15, -0.1) is 0 Å². The summed E-state index contributed by atoms with van der Waals surface area (Å²) in [5.41, 5.74) is 0. The lowest BCUT2D eigenvalue weighted by molar-refractivity contribution is 0.160. The molecule has 5 heteroatoms. The van der Waals surface area contributed by atoms with Gasteiger partial charge < -0.3 is 9.64 Å². The molecule has 1 fully saturated rings. The van der Waals surface area contributed by atoms with E-state index in [9.17, 15) is 4.39 Å². The van der Waals surface area contributed by atoms with Crippen molar-refractivity contribution in [2.45, 2.75) is 13.0 Å². The van der Waals surface area contributed by atoms with Gasteiger partial charge in [0.1, 0.15) is 17.7 Å². The maximum absolute atomic E-state index is 13.4. The van der Waals surface area contributed by atoms with Crippen LogP contribution in [-0.4, -0.2) is 29.2 Å². The Morgan fingerprint density at radius 2 is 2.05 bits per heavy atom. The second-order valence-electron chi connectivity index (χ2n) is 4.54. The van der Waals surface area contributed by atoms with Gasteiger partial charge in [0.15, 0.2) is 11.6 Å². The normalized spacial score (nSPS) is 15.2. The molecule has 0 atom stereocenters. The molecule has 0 unspecified atom stereocenters. The first-order valence-corrected chi connectivity index (χ1v) is 6.18. The Balaban J connectivity index is 1.60. The predicted molar refractivity (Wildman–Crippen MR) is 69.8 cm³/mol. The van der Waals surface area contributed by atoms with Gasteiger partial charge in [-0.25, -0.2) is 14.4 Å². The number of nitrogens with zero attached hydrogens (tertiary/aromatic N) is 3. The van der Waals surface area contributed by atoms with Crippen molar-refractivity contribution >= 4 is 5.82 Å². The molecule has 19 heavy (non-hydrogen) atoms. The number of rotatable bonds is 3. The molecule has 2 aromatic rings. The van der Waals surface area contributed by atoms with Crippen LogP contribution in [0.3, 0.4) is 0 Å². The minimum atomic E-state index is -0.321. The first kappa shape index (κ1) is 11.9. The van der Waals surface area contributed by atoms with Gasteiger partial charge in [0.25, 0.3) is 0 Å². The number of benzene rings is 1. The van der Waals surface area contributed by atoms with Crippen LogP contribution >= 0.6 is 0 Å². The fraction of sp³-hybridized carbons (Fsp3) is 0.286. The van der Waals surface area contributed by atoms with Crippen LogP contribution in [0.5, 0.6) is 5.75 Å². The van der Waals surface area contributed by atoms with Gasteiger partial charge in [0.05, 0.1) is 13.1 Å². The fourth-order valence-electron chi connectivity index (χ4n) is 2.04. The van der Waals surface area contributed by atoms with E-state index < -0.39 is 0 Å². The van der Waals surface area contributed by atoms with E-state index in [0.29, 0.717) is 18.8 Å². The Bertz CT molecular complexity index is 584. The molecule has 1 aromatic heterocycles. The van der Waals surface area contributed by atoms with Crippen molar-refractivity contribution in [3.8, 4) is 5.75 Å². The summed E-state index contributed by atoms with van der Waals surface area (Å²) in [5, 5.41) is 0. The molecule has 0 N–H and O–H groups in total. The minimum absolute atomic E-state index is 0.00664. The topological polar surface area (TPSA) is 38.2 Å². The number of hydrogen-bond acceptors (Lipinski definition) is 4. The molecule has 1 aromatic carbocycles. The molecule has 2 heterocycles. The Kier molecular flexibility index (Phi) is 3.03. The van der Waals surface area contributed by atoms with Crippen LogP contribution in [0.15, 0.2) is 36.5 Å². The maximum Gasteiger partial charge on any atom is 0.165 e. The number of aromatic nitrogens is 2. The van der Waals surface area contributed by atoms with Crippen molar-refractivity contribution in [2.75, 3.05) is 18.0 Å². The van der Waals surface area contributed by atoms with Gasteiger partial charge in [0.2, 0.25) is 0 Å². The van der Waals surface area contributed by atoms with E-state index in [1.807, 2.05) is 13.0 Å². The second kappa shape index (κ2) is 4.84. The number of para-hydroxylation sites is 1. The van der Waals surface area contributed by atoms with Crippen LogP contribution in [-0.2, 0) is 0 Å². The SMILES string of the molecule is Cc1nccc(N2CC(Oc3ccccc3F)C2)n1. The molecule has 0 saturated carbocycles. The van der Waals surface area contributed by atoms with Crippen LogP contribution in [0.4, 0.5) is 10.2 Å². The summed E-state index contributed by atoms with van der Waals surface area (Å²) in [6, 6.07) is 8.33. The summed E-state index contributed by atoms with van der Waals surface area (Å²) < 4.78 is 19.0. The van der Waals surface area contributed by atoms with Crippen molar-refractivity contribution in [3.63, 3.8) is 0 Å². The highest BCUT2D eigenvalue weighted by atomic mass is 19.1. The van der Waals surface area contributed by atoms with Crippen molar-refractivity contribution in [3.05, 3.63) is 48.2 Å². The van der Waals surface area contributed by atoms with Crippen molar-refractivity contribution in [1.82, 2.24) is 9.97 Å². The second-order valence-corrected chi connectivity index (χ2v) is 4.54. The first-order chi connectivity index (χ1) is 9.22. The zero-order valence-corrected chi connectivity index (χ0v) is 10.6. The highest BCUT2D eigenvalue weighted by Gasteiger charge is 2.30. The molecule has 4 nitrogen and oxygen atoms in total. The van der Waals surface area contributed by atoms with Gasteiger partial charge in [-0.1, -0.05) is 12.1 Å². The molecule has 0 aliphatic carbocycles. The summed E-state index contributed by atoms with van der Waals surface area (Å²) in [7, 11) is 0. The molecule has 1 saturated heterocycles. The average molecular weight is 259 g/mol. The largest absolute Gasteiger partial charge is 0.484 e. The van der Waals surface area contributed by atoms with Crippen LogP contribution in [0.25, 0.3) is 0 Å². The van der Waals surface area contributed by atoms with Gasteiger partial charge in [-0.2, -0.15) is 0 Å². The van der Waals surface area contributed by atoms with Gasteiger partial charge >= 0.3 is 0 Å². The summed E-state index contributed by atoms with van der Waals surface area (Å²) in [4.78, 5) is 10.5. The summed E-state index contributed by atoms with van der Waals surface area (Å²) >= 11 is 0. The molecule has 0 spiro atoms. The number of ether oxygens (including phenoxy) is 1. The average Bonchev–Trinajstić information content (AvgIpc) is 2.35. The molecule has 1 aliphatic heterocycles. The Labute approximate surface area is 110 Å². The van der Waals surface area contributed by atoms with Crippen molar-refractivity contribution < 1.29 is 9.13 Å². The third kappa shape index (κ3) is 2.50. The summed E-state index contributed by atoms with van der Waals surface area (Å²) in [5.74, 6) is 1.63. The lowest BCUT2D eigenvalue weighted by atomic mass is 10.1. The molecular weight excluding hydrogens is 245 g/mol. The quantitative estimate of drug-likeness (QED) is 0.847. The third-order valence-electron chi connectivity index (χ3n) is 3.06. The number of halogens is 1. The number of hydrogen-bond donors (Lipinski definition) is 0. The summed E-state index contributed by atoms with van der Waals surface area (Å²) in [6.45, 7) is 3.28. The number of anilines is 1. The van der Waals surface area contributed by atoms with Gasteiger partial charge in [-0.3, -0.25) is 0 Å². The molecule has 0 bridgehead atoms. The van der Waals surface area contributed by atoms with E-state index in [2.05, 4.69) is 14.9 Å². The Hall–Kier alpha value is -2.17. The number of aryl methyl sites for hydroxylation is 1. The highest BCUT2D eigenvalue weighted by molar-refractivity contribution is 5.41. The Morgan fingerprint density at radius 1 is 1.26 bits per heavy atom. The smallest absolute Gasteiger partial charge is 0.165 e. The van der Waals surface area contributed by atoms with Crippen LogP contribution < -0.4 is 9.64 Å². The lowest BCUT2D eigenvalue weighted by Crippen LogP contribution is -2.54. The standard InChI is InChI=1S/C14H14FN3O/c1-10-16-7-6-14(17-10)18-8-11(9-18)19-13-5-3-2-4-12(13)15/h2-7,11H,8-9H2,1H3. The molecule has 1 aliphatic rings. The first-order valence-electron chi connectivity index (χ1n) is 6.18. The Morgan fingerprint density at radius 3 is 2.79 bits per heavy atom. The van der Waals surface area contributed by atoms with Crippen LogP contribution in [0, 0.1) is 12.7 Å². The molecule has 98 valence electrons. The van der Waals surface area contributed by atoms with E-state index in [-0.39, 0.29) is 11.9 Å². The summed E-state index contributed by atoms with van der Waals surface area (Å²) in [6.07, 6.45) is 1.75. The van der Waals surface area contributed by atoms with E-state index in [1.54, 1.807) is 24.4 Å². The maximum atomic E-state index is 13.4. The van der Waals surface area contributed by atoms with E-state index in [1.165, 1.54) is 6.07 Å². The lowest BCUT2D eigenvalue weighted by Gasteiger charge is -2.39. The molecular formula is C14H14FN3O. The van der Waals surface area contributed by atoms with Crippen molar-refractivity contribution in [1.29, 1.82) is 0 Å².